The molecule has 4 aromatic rings. The number of unbranched alkanes of at least 4 members (excludes halogenated alkanes) is 2. The molecule has 0 fully saturated rings. The van der Waals surface area contributed by atoms with Crippen LogP contribution in [0.5, 0.6) is 11.5 Å². The van der Waals surface area contributed by atoms with E-state index < -0.39 is 11.2 Å². The number of ether oxygens (including phenoxy) is 2. The number of rotatable bonds is 11. The summed E-state index contributed by atoms with van der Waals surface area (Å²) < 4.78 is 27.9. The van der Waals surface area contributed by atoms with Crippen LogP contribution >= 0.6 is 0 Å². The molecular formula is C37H40FN3O3. The molecule has 0 bridgehead atoms. The SMILES string of the molecule is CCCCCc1ccc(-c2c3c(cc4cc(F)c(C(C)(C)C)c(Oc5ccc(C(=O)COCC)cc5)c24)C(=N)NC3=N)cc1. The minimum atomic E-state index is -0.626. The Hall–Kier alpha value is -4.36. The number of Topliss-reactive ketones (excluding diaryl/α,β-unsaturated/α-hetero) is 1. The molecule has 4 aromatic carbocycles. The largest absolute Gasteiger partial charge is 0.456 e. The second-order valence-electron chi connectivity index (χ2n) is 12.3. The Morgan fingerprint density at radius 2 is 1.61 bits per heavy atom. The van der Waals surface area contributed by atoms with Crippen LogP contribution in [0, 0.1) is 16.6 Å². The molecule has 5 rings (SSSR count). The van der Waals surface area contributed by atoms with E-state index in [0.717, 1.165) is 30.4 Å². The van der Waals surface area contributed by atoms with E-state index in [4.69, 9.17) is 20.3 Å². The first-order valence-corrected chi connectivity index (χ1v) is 15.3. The molecule has 0 spiro atoms. The third-order valence-electron chi connectivity index (χ3n) is 8.00. The van der Waals surface area contributed by atoms with Gasteiger partial charge in [-0.05, 0) is 78.1 Å². The highest BCUT2D eigenvalue weighted by Crippen LogP contribution is 2.48. The Balaban J connectivity index is 1.73. The van der Waals surface area contributed by atoms with Crippen LogP contribution in [0.1, 0.15) is 86.5 Å². The van der Waals surface area contributed by atoms with Crippen molar-refractivity contribution >= 4 is 28.2 Å². The van der Waals surface area contributed by atoms with Crippen molar-refractivity contribution in [2.45, 2.75) is 65.7 Å². The van der Waals surface area contributed by atoms with Crippen LogP contribution in [0.4, 0.5) is 4.39 Å². The molecule has 0 saturated carbocycles. The standard InChI is InChI=1S/C37H40FN3O3/c1-6-8-9-10-22-11-13-24(14-12-22)30-31-25(19-27-32(30)36(40)41-35(27)39)20-28(38)33(37(3,4)5)34(31)44-26-17-15-23(16-18-26)29(42)21-43-7-2/h11-20H,6-10,21H2,1-5H3,(H3,39,40,41). The quantitative estimate of drug-likeness (QED) is 0.119. The predicted molar refractivity (Wildman–Crippen MR) is 175 cm³/mol. The number of carbonyl (C=O) groups is 1. The summed E-state index contributed by atoms with van der Waals surface area (Å²) in [5, 5.41) is 21.4. The summed E-state index contributed by atoms with van der Waals surface area (Å²) in [7, 11) is 0. The Kier molecular flexibility index (Phi) is 8.97. The highest BCUT2D eigenvalue weighted by Gasteiger charge is 2.33. The van der Waals surface area contributed by atoms with Gasteiger partial charge in [0.25, 0.3) is 0 Å². The number of nitrogens with one attached hydrogen (secondary N) is 3. The summed E-state index contributed by atoms with van der Waals surface area (Å²) in [4.78, 5) is 12.5. The maximum absolute atomic E-state index is 16.1. The molecule has 228 valence electrons. The average molecular weight is 594 g/mol. The molecule has 0 radical (unpaired) electrons. The number of hydrogen-bond acceptors (Lipinski definition) is 5. The first kappa shape index (κ1) is 31.1. The summed E-state index contributed by atoms with van der Waals surface area (Å²) in [6, 6.07) is 18.4. The zero-order chi connectivity index (χ0) is 31.6. The van der Waals surface area contributed by atoms with Gasteiger partial charge in [-0.3, -0.25) is 15.6 Å². The highest BCUT2D eigenvalue weighted by atomic mass is 19.1. The molecule has 0 aliphatic carbocycles. The van der Waals surface area contributed by atoms with E-state index in [0.29, 0.717) is 51.1 Å². The van der Waals surface area contributed by atoms with Crippen molar-refractivity contribution in [1.29, 1.82) is 10.8 Å². The Bertz CT molecular complexity index is 1740. The molecular weight excluding hydrogens is 553 g/mol. The van der Waals surface area contributed by atoms with Crippen LogP contribution in [0.25, 0.3) is 21.9 Å². The number of ketones is 1. The van der Waals surface area contributed by atoms with Crippen molar-refractivity contribution in [1.82, 2.24) is 5.32 Å². The highest BCUT2D eigenvalue weighted by molar-refractivity contribution is 6.29. The number of halogens is 1. The Labute approximate surface area is 258 Å². The third kappa shape index (κ3) is 6.15. The second-order valence-corrected chi connectivity index (χ2v) is 12.3. The van der Waals surface area contributed by atoms with Crippen LogP contribution in [-0.2, 0) is 16.6 Å². The lowest BCUT2D eigenvalue weighted by Gasteiger charge is -2.26. The van der Waals surface area contributed by atoms with Gasteiger partial charge in [0.1, 0.15) is 35.6 Å². The van der Waals surface area contributed by atoms with E-state index in [1.165, 1.54) is 18.1 Å². The maximum Gasteiger partial charge on any atom is 0.188 e. The normalized spacial score (nSPS) is 12.9. The number of amidine groups is 2. The molecule has 7 heteroatoms. The lowest BCUT2D eigenvalue weighted by Crippen LogP contribution is -2.20. The molecule has 6 nitrogen and oxygen atoms in total. The van der Waals surface area contributed by atoms with Gasteiger partial charge in [-0.2, -0.15) is 0 Å². The predicted octanol–water partition coefficient (Wildman–Crippen LogP) is 8.94. The van der Waals surface area contributed by atoms with Crippen LogP contribution in [-0.4, -0.2) is 30.7 Å². The molecule has 1 heterocycles. The molecule has 0 aromatic heterocycles. The fourth-order valence-corrected chi connectivity index (χ4v) is 5.83. The molecule has 0 amide bonds. The van der Waals surface area contributed by atoms with Crippen molar-refractivity contribution in [2.24, 2.45) is 0 Å². The molecule has 0 unspecified atom stereocenters. The Morgan fingerprint density at radius 1 is 0.909 bits per heavy atom. The maximum atomic E-state index is 16.1. The first-order chi connectivity index (χ1) is 21.0. The van der Waals surface area contributed by atoms with Crippen molar-refractivity contribution in [3.63, 3.8) is 0 Å². The summed E-state index contributed by atoms with van der Waals surface area (Å²) in [6.45, 7) is 10.3. The number of fused-ring (bicyclic) bond motifs is 2. The lowest BCUT2D eigenvalue weighted by atomic mass is 9.81. The van der Waals surface area contributed by atoms with Crippen LogP contribution in [0.15, 0.2) is 60.7 Å². The summed E-state index contributed by atoms with van der Waals surface area (Å²) in [5.74, 6) is 0.506. The van der Waals surface area contributed by atoms with Crippen molar-refractivity contribution in [3.8, 4) is 22.6 Å². The second kappa shape index (κ2) is 12.7. The summed E-state index contributed by atoms with van der Waals surface area (Å²) >= 11 is 0. The van der Waals surface area contributed by atoms with Crippen molar-refractivity contribution in [2.75, 3.05) is 13.2 Å². The zero-order valence-electron chi connectivity index (χ0n) is 26.1. The minimum Gasteiger partial charge on any atom is -0.456 e. The van der Waals surface area contributed by atoms with Gasteiger partial charge in [-0.25, -0.2) is 4.39 Å². The minimum absolute atomic E-state index is 0.000271. The van der Waals surface area contributed by atoms with Crippen LogP contribution in [0.3, 0.4) is 0 Å². The number of hydrogen-bond donors (Lipinski definition) is 3. The fourth-order valence-electron chi connectivity index (χ4n) is 5.83. The molecule has 44 heavy (non-hydrogen) atoms. The molecule has 1 aliphatic rings. The van der Waals surface area contributed by atoms with Gasteiger partial charge in [-0.1, -0.05) is 64.8 Å². The summed E-state index contributed by atoms with van der Waals surface area (Å²) in [6.07, 6.45) is 4.43. The van der Waals surface area contributed by atoms with Crippen molar-refractivity contribution in [3.05, 3.63) is 94.3 Å². The number of aryl methyl sites for hydroxylation is 1. The molecule has 1 aliphatic heterocycles. The van der Waals surface area contributed by atoms with Crippen LogP contribution in [0.2, 0.25) is 0 Å². The van der Waals surface area contributed by atoms with E-state index in [9.17, 15) is 4.79 Å². The van der Waals surface area contributed by atoms with Gasteiger partial charge in [-0.15, -0.1) is 0 Å². The monoisotopic (exact) mass is 593 g/mol. The van der Waals surface area contributed by atoms with E-state index in [-0.39, 0.29) is 24.1 Å². The third-order valence-corrected chi connectivity index (χ3v) is 8.00. The molecule has 3 N–H and O–H groups in total. The smallest absolute Gasteiger partial charge is 0.188 e. The topological polar surface area (TPSA) is 95.3 Å². The van der Waals surface area contributed by atoms with Gasteiger partial charge in [0.05, 0.1) is 0 Å². The van der Waals surface area contributed by atoms with E-state index >= 15 is 4.39 Å². The van der Waals surface area contributed by atoms with Gasteiger partial charge in [0, 0.05) is 39.8 Å². The summed E-state index contributed by atoms with van der Waals surface area (Å²) in [5.41, 5.74) is 4.25. The van der Waals surface area contributed by atoms with Gasteiger partial charge in [0.15, 0.2) is 5.78 Å². The van der Waals surface area contributed by atoms with E-state index in [2.05, 4.69) is 24.4 Å². The van der Waals surface area contributed by atoms with Crippen molar-refractivity contribution < 1.29 is 18.7 Å². The van der Waals surface area contributed by atoms with Gasteiger partial charge in [0.2, 0.25) is 0 Å². The van der Waals surface area contributed by atoms with E-state index in [1.807, 2.05) is 39.8 Å². The number of benzene rings is 4. The van der Waals surface area contributed by atoms with Gasteiger partial charge >= 0.3 is 0 Å². The van der Waals surface area contributed by atoms with Gasteiger partial charge < -0.3 is 14.8 Å². The number of carbonyl (C=O) groups excluding carboxylic acids is 1. The van der Waals surface area contributed by atoms with Crippen LogP contribution < -0.4 is 10.1 Å². The fraction of sp³-hybridized carbons (Fsp3) is 0.324. The average Bonchev–Trinajstić information content (AvgIpc) is 3.27. The van der Waals surface area contributed by atoms with E-state index in [1.54, 1.807) is 30.3 Å². The Morgan fingerprint density at radius 3 is 2.25 bits per heavy atom. The zero-order valence-corrected chi connectivity index (χ0v) is 26.1. The first-order valence-electron chi connectivity index (χ1n) is 15.3. The molecule has 0 saturated heterocycles. The molecule has 0 atom stereocenters. The lowest BCUT2D eigenvalue weighted by molar-refractivity contribution is 0.0783.